The van der Waals surface area contributed by atoms with E-state index in [4.69, 9.17) is 25.8 Å². The second-order valence-corrected chi connectivity index (χ2v) is 7.04. The van der Waals surface area contributed by atoms with E-state index in [-0.39, 0.29) is 18.2 Å². The van der Waals surface area contributed by atoms with Crippen LogP contribution < -0.4 is 9.47 Å². The van der Waals surface area contributed by atoms with Crippen LogP contribution in [0.3, 0.4) is 0 Å². The largest absolute Gasteiger partial charge is 0.493 e. The Hall–Kier alpha value is -3.64. The lowest BCUT2D eigenvalue weighted by molar-refractivity contribution is -0.129. The molecule has 0 saturated heterocycles. The van der Waals surface area contributed by atoms with Crippen molar-refractivity contribution in [2.24, 2.45) is 4.99 Å². The van der Waals surface area contributed by atoms with E-state index in [2.05, 4.69) is 4.99 Å². The standard InChI is InChI=1S/C24H17ClFNO4/c1-29-22-12-15(9-10-21(22)30-14-17-5-2-3-8-19(17)25)11-20-24(28)31-23(27-20)16-6-4-7-18(26)13-16/h2-13H,14H2,1H3/b20-11-. The molecule has 0 aromatic heterocycles. The van der Waals surface area contributed by atoms with Crippen molar-refractivity contribution in [2.45, 2.75) is 6.61 Å². The lowest BCUT2D eigenvalue weighted by Gasteiger charge is -2.12. The zero-order valence-electron chi connectivity index (χ0n) is 16.5. The quantitative estimate of drug-likeness (QED) is 0.382. The maximum atomic E-state index is 13.4. The van der Waals surface area contributed by atoms with Gasteiger partial charge in [0.1, 0.15) is 12.4 Å². The minimum Gasteiger partial charge on any atom is -0.493 e. The number of hydrogen-bond acceptors (Lipinski definition) is 5. The van der Waals surface area contributed by atoms with Gasteiger partial charge in [-0.2, -0.15) is 0 Å². The molecular formula is C24H17ClFNO4. The average molecular weight is 438 g/mol. The van der Waals surface area contributed by atoms with Crippen LogP contribution in [-0.2, 0) is 16.1 Å². The Morgan fingerprint density at radius 1 is 1.06 bits per heavy atom. The number of halogens is 2. The molecule has 0 fully saturated rings. The van der Waals surface area contributed by atoms with Gasteiger partial charge in [0.15, 0.2) is 17.2 Å². The number of esters is 1. The summed E-state index contributed by atoms with van der Waals surface area (Å²) < 4.78 is 29.9. The molecule has 0 N–H and O–H groups in total. The summed E-state index contributed by atoms with van der Waals surface area (Å²) in [5, 5.41) is 0.620. The minimum absolute atomic E-state index is 0.0578. The minimum atomic E-state index is -0.614. The first-order valence-corrected chi connectivity index (χ1v) is 9.74. The number of methoxy groups -OCH3 is 1. The third-order valence-electron chi connectivity index (χ3n) is 4.52. The number of ether oxygens (including phenoxy) is 3. The first-order valence-electron chi connectivity index (χ1n) is 9.36. The molecule has 156 valence electrons. The molecule has 0 aliphatic carbocycles. The van der Waals surface area contributed by atoms with E-state index >= 15 is 0 Å². The number of benzene rings is 3. The van der Waals surface area contributed by atoms with E-state index in [1.165, 1.54) is 25.3 Å². The van der Waals surface area contributed by atoms with Crippen LogP contribution in [0.4, 0.5) is 4.39 Å². The van der Waals surface area contributed by atoms with Gasteiger partial charge in [0.05, 0.1) is 7.11 Å². The summed E-state index contributed by atoms with van der Waals surface area (Å²) >= 11 is 6.17. The van der Waals surface area contributed by atoms with Crippen molar-refractivity contribution in [3.63, 3.8) is 0 Å². The van der Waals surface area contributed by atoms with Crippen molar-refractivity contribution in [3.05, 3.63) is 100.0 Å². The Morgan fingerprint density at radius 2 is 1.90 bits per heavy atom. The summed E-state index contributed by atoms with van der Waals surface area (Å²) in [6, 6.07) is 18.3. The topological polar surface area (TPSA) is 57.1 Å². The highest BCUT2D eigenvalue weighted by molar-refractivity contribution is 6.31. The van der Waals surface area contributed by atoms with Gasteiger partial charge in [-0.3, -0.25) is 0 Å². The third-order valence-corrected chi connectivity index (χ3v) is 4.89. The van der Waals surface area contributed by atoms with Crippen molar-refractivity contribution >= 4 is 29.5 Å². The lowest BCUT2D eigenvalue weighted by Crippen LogP contribution is -2.05. The van der Waals surface area contributed by atoms with E-state index in [0.717, 1.165) is 5.56 Å². The van der Waals surface area contributed by atoms with Crippen LogP contribution >= 0.6 is 11.6 Å². The molecule has 0 amide bonds. The van der Waals surface area contributed by atoms with Crippen LogP contribution in [0.15, 0.2) is 77.4 Å². The van der Waals surface area contributed by atoms with Crippen LogP contribution in [0.1, 0.15) is 16.7 Å². The normalized spacial score (nSPS) is 14.4. The Bertz CT molecular complexity index is 1210. The van der Waals surface area contributed by atoms with E-state index in [1.807, 2.05) is 18.2 Å². The molecule has 3 aromatic rings. The highest BCUT2D eigenvalue weighted by Crippen LogP contribution is 2.31. The molecular weight excluding hydrogens is 421 g/mol. The van der Waals surface area contributed by atoms with Crippen LogP contribution in [0.25, 0.3) is 6.08 Å². The first kappa shape index (κ1) is 20.6. The van der Waals surface area contributed by atoms with Crippen LogP contribution in [-0.4, -0.2) is 19.0 Å². The first-order chi connectivity index (χ1) is 15.0. The van der Waals surface area contributed by atoms with Crippen molar-refractivity contribution in [3.8, 4) is 11.5 Å². The molecule has 5 nitrogen and oxygen atoms in total. The molecule has 0 spiro atoms. The van der Waals surface area contributed by atoms with Gasteiger partial charge in [-0.15, -0.1) is 0 Å². The zero-order chi connectivity index (χ0) is 21.8. The molecule has 7 heteroatoms. The summed E-state index contributed by atoms with van der Waals surface area (Å²) in [6.07, 6.45) is 1.56. The summed E-state index contributed by atoms with van der Waals surface area (Å²) in [4.78, 5) is 16.4. The van der Waals surface area contributed by atoms with E-state index in [9.17, 15) is 9.18 Å². The second kappa shape index (κ2) is 9.02. The van der Waals surface area contributed by atoms with Crippen molar-refractivity contribution in [1.29, 1.82) is 0 Å². The Labute approximate surface area is 183 Å². The maximum Gasteiger partial charge on any atom is 0.363 e. The zero-order valence-corrected chi connectivity index (χ0v) is 17.2. The molecule has 1 heterocycles. The number of rotatable bonds is 6. The Morgan fingerprint density at radius 3 is 2.68 bits per heavy atom. The van der Waals surface area contributed by atoms with Crippen LogP contribution in [0.2, 0.25) is 5.02 Å². The number of hydrogen-bond donors (Lipinski definition) is 0. The summed E-state index contributed by atoms with van der Waals surface area (Å²) in [5.74, 6) is 0.0232. The predicted molar refractivity (Wildman–Crippen MR) is 116 cm³/mol. The number of carbonyl (C=O) groups excluding carboxylic acids is 1. The van der Waals surface area contributed by atoms with Crippen molar-refractivity contribution in [1.82, 2.24) is 0 Å². The fourth-order valence-electron chi connectivity index (χ4n) is 2.98. The number of cyclic esters (lactones) is 1. The van der Waals surface area contributed by atoms with Crippen LogP contribution in [0, 0.1) is 5.82 Å². The van der Waals surface area contributed by atoms with Gasteiger partial charge in [0, 0.05) is 16.1 Å². The van der Waals surface area contributed by atoms with Crippen molar-refractivity contribution in [2.75, 3.05) is 7.11 Å². The van der Waals surface area contributed by atoms with Gasteiger partial charge in [-0.25, -0.2) is 14.2 Å². The molecule has 0 radical (unpaired) electrons. The second-order valence-electron chi connectivity index (χ2n) is 6.64. The van der Waals surface area contributed by atoms with E-state index < -0.39 is 11.8 Å². The van der Waals surface area contributed by atoms with E-state index in [1.54, 1.807) is 36.4 Å². The molecule has 0 bridgehead atoms. The van der Waals surface area contributed by atoms with Gasteiger partial charge in [-0.05, 0) is 48.0 Å². The lowest BCUT2D eigenvalue weighted by atomic mass is 10.1. The predicted octanol–water partition coefficient (Wildman–Crippen LogP) is 5.41. The fourth-order valence-corrected chi connectivity index (χ4v) is 3.17. The van der Waals surface area contributed by atoms with Crippen LogP contribution in [0.5, 0.6) is 11.5 Å². The maximum absolute atomic E-state index is 13.4. The van der Waals surface area contributed by atoms with Crippen molar-refractivity contribution < 1.29 is 23.4 Å². The number of carbonyl (C=O) groups is 1. The smallest absolute Gasteiger partial charge is 0.363 e. The fraction of sp³-hybridized carbons (Fsp3) is 0.0833. The molecule has 0 unspecified atom stereocenters. The third kappa shape index (κ3) is 4.75. The Balaban J connectivity index is 1.55. The highest BCUT2D eigenvalue weighted by Gasteiger charge is 2.24. The summed E-state index contributed by atoms with van der Waals surface area (Å²) in [7, 11) is 1.53. The van der Waals surface area contributed by atoms with Gasteiger partial charge < -0.3 is 14.2 Å². The monoisotopic (exact) mass is 437 g/mol. The average Bonchev–Trinajstić information content (AvgIpc) is 3.14. The molecule has 31 heavy (non-hydrogen) atoms. The SMILES string of the molecule is COc1cc(/C=C2\N=C(c3cccc(F)c3)OC2=O)ccc1OCc1ccccc1Cl. The van der Waals surface area contributed by atoms with Gasteiger partial charge in [0.2, 0.25) is 5.90 Å². The molecule has 0 saturated carbocycles. The van der Waals surface area contributed by atoms with Gasteiger partial charge in [0.25, 0.3) is 0 Å². The number of nitrogens with zero attached hydrogens (tertiary/aromatic N) is 1. The molecule has 0 atom stereocenters. The number of aliphatic imine (C=N–C) groups is 1. The van der Waals surface area contributed by atoms with Gasteiger partial charge in [-0.1, -0.05) is 41.9 Å². The highest BCUT2D eigenvalue weighted by atomic mass is 35.5. The van der Waals surface area contributed by atoms with Gasteiger partial charge >= 0.3 is 5.97 Å². The molecule has 3 aromatic carbocycles. The molecule has 1 aliphatic heterocycles. The Kier molecular flexibility index (Phi) is 6.00. The molecule has 1 aliphatic rings. The summed E-state index contributed by atoms with van der Waals surface area (Å²) in [5.41, 5.74) is 2.01. The van der Waals surface area contributed by atoms with E-state index in [0.29, 0.717) is 27.6 Å². The molecule has 4 rings (SSSR count). The summed E-state index contributed by atoms with van der Waals surface area (Å²) in [6.45, 7) is 0.282.